The lowest BCUT2D eigenvalue weighted by Gasteiger charge is -2.28. The summed E-state index contributed by atoms with van der Waals surface area (Å²) in [6.07, 6.45) is 4.49. The molecule has 2 aliphatic heterocycles. The molecule has 0 radical (unpaired) electrons. The van der Waals surface area contributed by atoms with Gasteiger partial charge in [0.25, 0.3) is 5.95 Å². The summed E-state index contributed by atoms with van der Waals surface area (Å²) >= 11 is 0. The smallest absolute Gasteiger partial charge is 0.335 e. The first-order valence-electron chi connectivity index (χ1n) is 13.7. The minimum Gasteiger partial charge on any atom is -0.478 e. The van der Waals surface area contributed by atoms with E-state index >= 15 is 0 Å². The molecule has 0 bridgehead atoms. The number of carbonyl (C=O) groups is 1. The highest BCUT2D eigenvalue weighted by atomic mass is 19.1. The van der Waals surface area contributed by atoms with Crippen LogP contribution in [-0.2, 0) is 37.5 Å². The Bertz CT molecular complexity index is 1880. The first kappa shape index (κ1) is 26.7. The number of rotatable bonds is 9. The zero-order valence-corrected chi connectivity index (χ0v) is 22.9. The summed E-state index contributed by atoms with van der Waals surface area (Å²) < 4.78 is 29.3. The zero-order chi connectivity index (χ0) is 29.5. The molecule has 1 atom stereocenters. The number of halogens is 1. The van der Waals surface area contributed by atoms with Crippen LogP contribution in [0.1, 0.15) is 45.0 Å². The number of aromatic nitrogens is 6. The topological polar surface area (TPSA) is 144 Å². The molecular weight excluding hydrogens is 555 g/mol. The maximum atomic E-state index is 14.2. The van der Waals surface area contributed by atoms with Crippen LogP contribution >= 0.6 is 0 Å². The molecule has 0 spiro atoms. The van der Waals surface area contributed by atoms with Gasteiger partial charge in [-0.1, -0.05) is 6.07 Å². The predicted molar refractivity (Wildman–Crippen MR) is 149 cm³/mol. The molecule has 1 fully saturated rings. The van der Waals surface area contributed by atoms with E-state index < -0.39 is 11.8 Å². The average Bonchev–Trinajstić information content (AvgIpc) is 3.65. The van der Waals surface area contributed by atoms with E-state index in [-0.39, 0.29) is 29.7 Å². The van der Waals surface area contributed by atoms with Gasteiger partial charge in [0.1, 0.15) is 18.2 Å². The average molecular weight is 581 g/mol. The number of ether oxygens (including phenoxy) is 2. The molecule has 43 heavy (non-hydrogen) atoms. The highest BCUT2D eigenvalue weighted by Crippen LogP contribution is 2.27. The molecule has 216 valence electrons. The second-order valence-corrected chi connectivity index (χ2v) is 10.5. The van der Waals surface area contributed by atoms with E-state index in [2.05, 4.69) is 19.4 Å². The zero-order valence-electron chi connectivity index (χ0n) is 22.9. The summed E-state index contributed by atoms with van der Waals surface area (Å²) in [6.45, 7) is 3.11. The van der Waals surface area contributed by atoms with Crippen molar-refractivity contribution in [3.63, 3.8) is 0 Å². The van der Waals surface area contributed by atoms with Crippen LogP contribution in [0.2, 0.25) is 0 Å². The standard InChI is InChI=1S/C30H25FN8O4/c31-23-9-18(11-32)1-2-20(23)17-43-28-5-7-33-30(35-28)39-13-21-12-37(15-25(21)36-39)16-27-34-24-4-3-19(29(40)41)10-26(24)38(27)14-22-6-8-42-22/h1-5,7,9-10,13,22H,6,8,12,14-17H2,(H,40,41)/t22-/m0/s1. The number of nitrogens with zero attached hydrogens (tertiary/aromatic N) is 8. The van der Waals surface area contributed by atoms with Gasteiger partial charge in [0.05, 0.1) is 53.1 Å². The molecule has 1 N–H and O–H groups in total. The SMILES string of the molecule is N#Cc1ccc(COc2ccnc(-n3cc4c(n3)CN(Cc3nc5ccc(C(=O)O)cc5n3C[C@@H]3CCO3)C4)n2)c(F)c1. The number of hydrogen-bond acceptors (Lipinski definition) is 9. The Morgan fingerprint density at radius 3 is 2.81 bits per heavy atom. The Labute approximate surface area is 244 Å². The molecule has 5 heterocycles. The van der Waals surface area contributed by atoms with E-state index in [1.165, 1.54) is 18.2 Å². The van der Waals surface area contributed by atoms with Crippen molar-refractivity contribution in [2.45, 2.75) is 45.3 Å². The van der Waals surface area contributed by atoms with Crippen LogP contribution in [0.5, 0.6) is 5.88 Å². The molecule has 13 heteroatoms. The summed E-state index contributed by atoms with van der Waals surface area (Å²) in [5, 5.41) is 23.1. The molecular formula is C30H25FN8O4. The third-order valence-corrected chi connectivity index (χ3v) is 7.64. The summed E-state index contributed by atoms with van der Waals surface area (Å²) in [7, 11) is 0. The minimum atomic E-state index is -0.973. The molecule has 2 aliphatic rings. The van der Waals surface area contributed by atoms with E-state index in [4.69, 9.17) is 24.8 Å². The highest BCUT2D eigenvalue weighted by molar-refractivity contribution is 5.92. The first-order valence-corrected chi connectivity index (χ1v) is 13.7. The Morgan fingerprint density at radius 2 is 2.07 bits per heavy atom. The van der Waals surface area contributed by atoms with E-state index in [0.717, 1.165) is 41.1 Å². The molecule has 0 saturated carbocycles. The number of aromatic carboxylic acids is 1. The van der Waals surface area contributed by atoms with Gasteiger partial charge in [-0.15, -0.1) is 0 Å². The summed E-state index contributed by atoms with van der Waals surface area (Å²) in [6, 6.07) is 12.7. The third kappa shape index (κ3) is 5.29. The Morgan fingerprint density at radius 1 is 1.19 bits per heavy atom. The maximum absolute atomic E-state index is 14.2. The second kappa shape index (κ2) is 10.9. The van der Waals surface area contributed by atoms with Gasteiger partial charge in [-0.25, -0.2) is 23.8 Å². The van der Waals surface area contributed by atoms with Gasteiger partial charge in [0, 0.05) is 49.3 Å². The van der Waals surface area contributed by atoms with Crippen LogP contribution < -0.4 is 4.74 Å². The van der Waals surface area contributed by atoms with Gasteiger partial charge < -0.3 is 19.1 Å². The normalized spacial score (nSPS) is 16.1. The van der Waals surface area contributed by atoms with Crippen molar-refractivity contribution in [3.8, 4) is 17.9 Å². The lowest BCUT2D eigenvalue weighted by Crippen LogP contribution is -2.32. The molecule has 0 unspecified atom stereocenters. The van der Waals surface area contributed by atoms with Crippen LogP contribution in [0.25, 0.3) is 17.0 Å². The van der Waals surface area contributed by atoms with Crippen LogP contribution in [-0.4, -0.2) is 58.0 Å². The van der Waals surface area contributed by atoms with Gasteiger partial charge in [-0.05, 0) is 36.8 Å². The molecule has 7 rings (SSSR count). The first-order chi connectivity index (χ1) is 20.9. The van der Waals surface area contributed by atoms with Crippen molar-refractivity contribution in [3.05, 3.63) is 94.4 Å². The fourth-order valence-corrected chi connectivity index (χ4v) is 5.30. The van der Waals surface area contributed by atoms with Crippen molar-refractivity contribution < 1.29 is 23.8 Å². The summed E-state index contributed by atoms with van der Waals surface area (Å²) in [4.78, 5) is 27.4. The van der Waals surface area contributed by atoms with Crippen molar-refractivity contribution in [2.75, 3.05) is 6.61 Å². The van der Waals surface area contributed by atoms with Gasteiger partial charge in [-0.3, -0.25) is 4.90 Å². The van der Waals surface area contributed by atoms with Crippen LogP contribution in [0.3, 0.4) is 0 Å². The Kier molecular flexibility index (Phi) is 6.77. The van der Waals surface area contributed by atoms with Crippen molar-refractivity contribution in [1.29, 1.82) is 5.26 Å². The van der Waals surface area contributed by atoms with Gasteiger partial charge in [-0.2, -0.15) is 15.3 Å². The molecule has 2 aromatic carbocycles. The number of benzene rings is 2. The molecule has 12 nitrogen and oxygen atoms in total. The van der Waals surface area contributed by atoms with E-state index in [1.807, 2.05) is 12.3 Å². The molecule has 0 aliphatic carbocycles. The van der Waals surface area contributed by atoms with E-state index in [1.54, 1.807) is 35.1 Å². The van der Waals surface area contributed by atoms with E-state index in [0.29, 0.717) is 37.7 Å². The van der Waals surface area contributed by atoms with Crippen LogP contribution in [0, 0.1) is 17.1 Å². The Hall–Kier alpha value is -5.19. The second-order valence-electron chi connectivity index (χ2n) is 10.5. The Balaban J connectivity index is 1.05. The number of imidazole rings is 1. The lowest BCUT2D eigenvalue weighted by molar-refractivity contribution is -0.0592. The maximum Gasteiger partial charge on any atom is 0.335 e. The number of nitriles is 1. The molecule has 0 amide bonds. The van der Waals surface area contributed by atoms with Gasteiger partial charge >= 0.3 is 5.97 Å². The fraction of sp³-hybridized carbons (Fsp3) is 0.267. The predicted octanol–water partition coefficient (Wildman–Crippen LogP) is 3.60. The number of fused-ring (bicyclic) bond motifs is 2. The molecule has 1 saturated heterocycles. The molecule has 3 aromatic heterocycles. The van der Waals surface area contributed by atoms with Gasteiger partial charge in [0.2, 0.25) is 5.88 Å². The van der Waals surface area contributed by atoms with Gasteiger partial charge in [0.15, 0.2) is 0 Å². The quantitative estimate of drug-likeness (QED) is 0.275. The fourth-order valence-electron chi connectivity index (χ4n) is 5.30. The lowest BCUT2D eigenvalue weighted by atomic mass is 10.1. The summed E-state index contributed by atoms with van der Waals surface area (Å²) in [5.41, 5.74) is 4.25. The molecule has 5 aromatic rings. The van der Waals surface area contributed by atoms with E-state index in [9.17, 15) is 14.3 Å². The summed E-state index contributed by atoms with van der Waals surface area (Å²) in [5.74, 6) is -0.0442. The van der Waals surface area contributed by atoms with Crippen molar-refractivity contribution in [2.24, 2.45) is 0 Å². The number of carboxylic acid groups (broad SMARTS) is 1. The number of carboxylic acids is 1. The highest BCUT2D eigenvalue weighted by Gasteiger charge is 2.27. The largest absolute Gasteiger partial charge is 0.478 e. The van der Waals surface area contributed by atoms with Crippen LogP contribution in [0.4, 0.5) is 4.39 Å². The van der Waals surface area contributed by atoms with Crippen LogP contribution in [0.15, 0.2) is 54.9 Å². The monoisotopic (exact) mass is 580 g/mol. The van der Waals surface area contributed by atoms with Crippen molar-refractivity contribution in [1.82, 2.24) is 34.2 Å². The number of hydrogen-bond donors (Lipinski definition) is 1. The minimum absolute atomic E-state index is 0.0478. The van der Waals surface area contributed by atoms with Crippen molar-refractivity contribution >= 4 is 17.0 Å². The third-order valence-electron chi connectivity index (χ3n) is 7.64.